The molecule has 0 heterocycles. The quantitative estimate of drug-likeness (QED) is 0.371. The molecule has 0 saturated heterocycles. The van der Waals surface area contributed by atoms with E-state index < -0.39 is 12.1 Å². The third kappa shape index (κ3) is 4.33. The van der Waals surface area contributed by atoms with E-state index in [4.69, 9.17) is 4.74 Å². The highest BCUT2D eigenvalue weighted by molar-refractivity contribution is 5.85. The first-order valence-electron chi connectivity index (χ1n) is 4.78. The van der Waals surface area contributed by atoms with Crippen LogP contribution in [0.4, 0.5) is 4.79 Å². The van der Waals surface area contributed by atoms with Gasteiger partial charge in [0.15, 0.2) is 0 Å². The Hall–Kier alpha value is -2.37. The fourth-order valence-corrected chi connectivity index (χ4v) is 1.04. The number of nitrogens with one attached hydrogen (secondary N) is 1. The molecule has 1 aromatic rings. The average molecular weight is 236 g/mol. The molecule has 6 heteroatoms. The summed E-state index contributed by atoms with van der Waals surface area (Å²) in [4.78, 5) is 21.6. The zero-order valence-electron chi connectivity index (χ0n) is 9.47. The minimum atomic E-state index is -0.675. The predicted molar refractivity (Wildman–Crippen MR) is 60.9 cm³/mol. The zero-order chi connectivity index (χ0) is 12.7. The summed E-state index contributed by atoms with van der Waals surface area (Å²) in [5, 5.41) is 3.64. The molecule has 0 aliphatic carbocycles. The molecule has 17 heavy (non-hydrogen) atoms. The first-order chi connectivity index (χ1) is 8.13. The summed E-state index contributed by atoms with van der Waals surface area (Å²) < 4.78 is 9.29. The largest absolute Gasteiger partial charge is 0.452 e. The van der Waals surface area contributed by atoms with E-state index in [1.807, 2.05) is 0 Å². The highest BCUT2D eigenvalue weighted by Gasteiger charge is 2.03. The third-order valence-corrected chi connectivity index (χ3v) is 1.72. The van der Waals surface area contributed by atoms with Gasteiger partial charge in [-0.1, -0.05) is 12.1 Å². The fourth-order valence-electron chi connectivity index (χ4n) is 1.04. The molecule has 1 rings (SSSR count). The maximum absolute atomic E-state index is 10.8. The fraction of sp³-hybridized carbons (Fsp3) is 0.182. The minimum Gasteiger partial charge on any atom is -0.452 e. The van der Waals surface area contributed by atoms with Crippen LogP contribution < -0.4 is 10.2 Å². The van der Waals surface area contributed by atoms with Gasteiger partial charge in [0.05, 0.1) is 13.3 Å². The van der Waals surface area contributed by atoms with Crippen LogP contribution in [0.2, 0.25) is 0 Å². The molecule has 90 valence electrons. The van der Waals surface area contributed by atoms with Crippen molar-refractivity contribution in [3.63, 3.8) is 0 Å². The lowest BCUT2D eigenvalue weighted by atomic mass is 10.2. The molecule has 0 atom stereocenters. The maximum Gasteiger partial charge on any atom is 0.427 e. The van der Waals surface area contributed by atoms with Crippen LogP contribution in [0.5, 0.6) is 5.75 Å². The van der Waals surface area contributed by atoms with Crippen LogP contribution in [-0.4, -0.2) is 25.4 Å². The number of carbonyl (C=O) groups is 2. The predicted octanol–water partition coefficient (Wildman–Crippen LogP) is 1.30. The van der Waals surface area contributed by atoms with Crippen molar-refractivity contribution in [3.8, 4) is 5.75 Å². The van der Waals surface area contributed by atoms with Gasteiger partial charge in [0.2, 0.25) is 0 Å². The molecule has 0 aliphatic rings. The summed E-state index contributed by atoms with van der Waals surface area (Å²) in [5.74, 6) is -0.0535. The summed E-state index contributed by atoms with van der Waals surface area (Å²) in [6, 6.07) is 6.80. The Morgan fingerprint density at radius 1 is 1.35 bits per heavy atom. The van der Waals surface area contributed by atoms with Crippen molar-refractivity contribution in [2.45, 2.75) is 6.92 Å². The van der Waals surface area contributed by atoms with E-state index in [0.29, 0.717) is 11.3 Å². The number of rotatable bonds is 3. The molecule has 1 aromatic carbocycles. The van der Waals surface area contributed by atoms with E-state index in [9.17, 15) is 9.59 Å². The second-order valence-corrected chi connectivity index (χ2v) is 2.99. The molecular weight excluding hydrogens is 224 g/mol. The SMILES string of the molecule is COC(=O)N/N=C\c1ccccc1OC(C)=O. The number of carbonyl (C=O) groups excluding carboxylic acids is 2. The molecule has 0 bridgehead atoms. The molecule has 0 fully saturated rings. The van der Waals surface area contributed by atoms with E-state index in [1.54, 1.807) is 24.3 Å². The Morgan fingerprint density at radius 3 is 2.71 bits per heavy atom. The van der Waals surface area contributed by atoms with Gasteiger partial charge >= 0.3 is 12.1 Å². The van der Waals surface area contributed by atoms with Gasteiger partial charge in [0.1, 0.15) is 5.75 Å². The van der Waals surface area contributed by atoms with Gasteiger partial charge in [-0.05, 0) is 12.1 Å². The van der Waals surface area contributed by atoms with Crippen molar-refractivity contribution < 1.29 is 19.1 Å². The van der Waals surface area contributed by atoms with Crippen LogP contribution in [0, 0.1) is 0 Å². The van der Waals surface area contributed by atoms with E-state index in [-0.39, 0.29) is 0 Å². The Morgan fingerprint density at radius 2 is 2.06 bits per heavy atom. The number of hydrazone groups is 1. The van der Waals surface area contributed by atoms with Gasteiger partial charge in [0, 0.05) is 12.5 Å². The van der Waals surface area contributed by atoms with Gasteiger partial charge in [0.25, 0.3) is 0 Å². The maximum atomic E-state index is 10.8. The van der Waals surface area contributed by atoms with Crippen LogP contribution in [0.3, 0.4) is 0 Å². The third-order valence-electron chi connectivity index (χ3n) is 1.72. The van der Waals surface area contributed by atoms with Crippen LogP contribution >= 0.6 is 0 Å². The number of benzene rings is 1. The number of ether oxygens (including phenoxy) is 2. The van der Waals surface area contributed by atoms with Gasteiger partial charge in [-0.15, -0.1) is 0 Å². The second kappa shape index (κ2) is 6.26. The number of nitrogens with zero attached hydrogens (tertiary/aromatic N) is 1. The zero-order valence-corrected chi connectivity index (χ0v) is 9.47. The number of para-hydroxylation sites is 1. The Balaban J connectivity index is 2.76. The van der Waals surface area contributed by atoms with Crippen molar-refractivity contribution in [1.82, 2.24) is 5.43 Å². The van der Waals surface area contributed by atoms with Gasteiger partial charge in [-0.2, -0.15) is 5.10 Å². The number of esters is 1. The molecule has 1 N–H and O–H groups in total. The average Bonchev–Trinajstić information content (AvgIpc) is 2.30. The lowest BCUT2D eigenvalue weighted by Crippen LogP contribution is -2.16. The van der Waals surface area contributed by atoms with Crippen molar-refractivity contribution in [3.05, 3.63) is 29.8 Å². The number of amides is 1. The summed E-state index contributed by atoms with van der Waals surface area (Å²) >= 11 is 0. The van der Waals surface area contributed by atoms with Crippen molar-refractivity contribution in [2.75, 3.05) is 7.11 Å². The molecule has 0 unspecified atom stereocenters. The van der Waals surface area contributed by atoms with Crippen LogP contribution in [0.25, 0.3) is 0 Å². The Bertz CT molecular complexity index is 443. The van der Waals surface area contributed by atoms with Crippen LogP contribution in [0.1, 0.15) is 12.5 Å². The van der Waals surface area contributed by atoms with Gasteiger partial charge in [-0.3, -0.25) is 4.79 Å². The number of hydrogen-bond donors (Lipinski definition) is 1. The van der Waals surface area contributed by atoms with E-state index in [1.165, 1.54) is 20.2 Å². The molecule has 0 saturated carbocycles. The first-order valence-corrected chi connectivity index (χ1v) is 4.78. The summed E-state index contributed by atoms with van der Waals surface area (Å²) in [6.45, 7) is 1.31. The summed E-state index contributed by atoms with van der Waals surface area (Å²) in [7, 11) is 1.23. The minimum absolute atomic E-state index is 0.371. The van der Waals surface area contributed by atoms with E-state index in [0.717, 1.165) is 0 Å². The molecule has 0 spiro atoms. The van der Waals surface area contributed by atoms with Crippen LogP contribution in [-0.2, 0) is 9.53 Å². The lowest BCUT2D eigenvalue weighted by Gasteiger charge is -2.04. The normalized spacial score (nSPS) is 10.0. The monoisotopic (exact) mass is 236 g/mol. The van der Waals surface area contributed by atoms with Crippen molar-refractivity contribution in [2.24, 2.45) is 5.10 Å². The Kier molecular flexibility index (Phi) is 4.68. The van der Waals surface area contributed by atoms with E-state index >= 15 is 0 Å². The number of methoxy groups -OCH3 is 1. The smallest absolute Gasteiger partial charge is 0.427 e. The molecule has 0 aromatic heterocycles. The Labute approximate surface area is 98.2 Å². The standard InChI is InChI=1S/C11H12N2O4/c1-8(14)17-10-6-4-3-5-9(10)7-12-13-11(15)16-2/h3-7H,1-2H3,(H,13,15)/b12-7-. The molecule has 1 amide bonds. The van der Waals surface area contributed by atoms with Gasteiger partial charge < -0.3 is 9.47 Å². The number of hydrogen-bond acceptors (Lipinski definition) is 5. The summed E-state index contributed by atoms with van der Waals surface area (Å²) in [5.41, 5.74) is 2.70. The molecule has 0 radical (unpaired) electrons. The first kappa shape index (κ1) is 12.7. The van der Waals surface area contributed by atoms with Gasteiger partial charge in [-0.25, -0.2) is 10.2 Å². The lowest BCUT2D eigenvalue weighted by molar-refractivity contribution is -0.131. The topological polar surface area (TPSA) is 77.0 Å². The second-order valence-electron chi connectivity index (χ2n) is 2.99. The summed E-state index contributed by atoms with van der Waals surface area (Å²) in [6.07, 6.45) is 0.682. The van der Waals surface area contributed by atoms with Crippen molar-refractivity contribution in [1.29, 1.82) is 0 Å². The van der Waals surface area contributed by atoms with Crippen LogP contribution in [0.15, 0.2) is 29.4 Å². The highest BCUT2D eigenvalue weighted by Crippen LogP contribution is 2.15. The highest BCUT2D eigenvalue weighted by atomic mass is 16.5. The molecule has 0 aliphatic heterocycles. The van der Waals surface area contributed by atoms with E-state index in [2.05, 4.69) is 15.3 Å². The molecular formula is C11H12N2O4. The molecule has 6 nitrogen and oxygen atoms in total. The van der Waals surface area contributed by atoms with Crippen molar-refractivity contribution >= 4 is 18.3 Å².